The van der Waals surface area contributed by atoms with Gasteiger partial charge in [-0.2, -0.15) is 0 Å². The molecule has 0 aromatic carbocycles. The van der Waals surface area contributed by atoms with E-state index in [1.807, 2.05) is 0 Å². The van der Waals surface area contributed by atoms with Crippen molar-refractivity contribution in [1.82, 2.24) is 4.90 Å². The van der Waals surface area contributed by atoms with E-state index < -0.39 is 9.84 Å². The first kappa shape index (κ1) is 18.2. The third-order valence-corrected chi connectivity index (χ3v) is 6.75. The highest BCUT2D eigenvalue weighted by atomic mass is 32.2. The van der Waals surface area contributed by atoms with Crippen LogP contribution in [0.1, 0.15) is 51.4 Å². The Bertz CT molecular complexity index is 525. The van der Waals surface area contributed by atoms with E-state index in [4.69, 9.17) is 0 Å². The molecule has 0 N–H and O–H groups in total. The quantitative estimate of drug-likeness (QED) is 0.654. The van der Waals surface area contributed by atoms with Gasteiger partial charge in [0.1, 0.15) is 0 Å². The first-order valence-corrected chi connectivity index (χ1v) is 10.3. The fraction of sp³-hybridized carbons (Fsp3) is 0.875. The second-order valence-electron chi connectivity index (χ2n) is 6.66. The first-order chi connectivity index (χ1) is 10.9. The molecule has 1 atom stereocenters. The number of carbonyl (C=O) groups excluding carboxylic acids is 2. The molecule has 1 heterocycles. The standard InChI is InChI=1S/C16H27NO5S/c1-22-16(19)8-10-17(14-9-11-23(20,21)12-14)15(18)7-6-13-4-2-3-5-13/h13-14H,2-12H2,1H3/t14-/m1/s1. The molecule has 1 saturated heterocycles. The molecule has 0 aromatic heterocycles. The van der Waals surface area contributed by atoms with Gasteiger partial charge in [0.2, 0.25) is 5.91 Å². The highest BCUT2D eigenvalue weighted by molar-refractivity contribution is 7.91. The summed E-state index contributed by atoms with van der Waals surface area (Å²) in [5.41, 5.74) is 0. The number of rotatable bonds is 7. The van der Waals surface area contributed by atoms with Crippen LogP contribution in [0.5, 0.6) is 0 Å². The van der Waals surface area contributed by atoms with Crippen LogP contribution in [-0.2, 0) is 24.2 Å². The zero-order chi connectivity index (χ0) is 16.9. The predicted molar refractivity (Wildman–Crippen MR) is 86.6 cm³/mol. The van der Waals surface area contributed by atoms with Crippen LogP contribution in [0.4, 0.5) is 0 Å². The maximum atomic E-state index is 12.6. The fourth-order valence-electron chi connectivity index (χ4n) is 3.62. The minimum absolute atomic E-state index is 0.0172. The topological polar surface area (TPSA) is 80.8 Å². The molecule has 1 aliphatic heterocycles. The number of sulfone groups is 1. The molecule has 2 aliphatic rings. The molecule has 132 valence electrons. The molecule has 0 aromatic rings. The largest absolute Gasteiger partial charge is 0.469 e. The average molecular weight is 345 g/mol. The Balaban J connectivity index is 1.93. The molecule has 1 amide bonds. The normalized spacial score (nSPS) is 23.8. The van der Waals surface area contributed by atoms with E-state index in [0.717, 1.165) is 6.42 Å². The van der Waals surface area contributed by atoms with Crippen molar-refractivity contribution in [2.45, 2.75) is 57.4 Å². The number of amides is 1. The van der Waals surface area contributed by atoms with Gasteiger partial charge in [0, 0.05) is 19.0 Å². The third kappa shape index (κ3) is 5.48. The van der Waals surface area contributed by atoms with E-state index in [-0.39, 0.29) is 42.4 Å². The summed E-state index contributed by atoms with van der Waals surface area (Å²) >= 11 is 0. The van der Waals surface area contributed by atoms with Gasteiger partial charge in [-0.25, -0.2) is 8.42 Å². The van der Waals surface area contributed by atoms with Crippen LogP contribution < -0.4 is 0 Å². The van der Waals surface area contributed by atoms with E-state index in [1.54, 1.807) is 4.90 Å². The Kier molecular flexibility index (Phi) is 6.44. The molecular weight excluding hydrogens is 318 g/mol. The smallest absolute Gasteiger partial charge is 0.307 e. The first-order valence-electron chi connectivity index (χ1n) is 8.48. The Morgan fingerprint density at radius 2 is 1.83 bits per heavy atom. The van der Waals surface area contributed by atoms with Crippen molar-refractivity contribution >= 4 is 21.7 Å². The van der Waals surface area contributed by atoms with E-state index >= 15 is 0 Å². The molecule has 2 rings (SSSR count). The zero-order valence-electron chi connectivity index (χ0n) is 13.8. The number of ether oxygens (including phenoxy) is 1. The molecule has 23 heavy (non-hydrogen) atoms. The summed E-state index contributed by atoms with van der Waals surface area (Å²) in [6, 6.07) is -0.291. The number of hydrogen-bond acceptors (Lipinski definition) is 5. The lowest BCUT2D eigenvalue weighted by atomic mass is 10.0. The molecule has 7 heteroatoms. The van der Waals surface area contributed by atoms with Crippen LogP contribution in [0.3, 0.4) is 0 Å². The second-order valence-corrected chi connectivity index (χ2v) is 8.89. The maximum absolute atomic E-state index is 12.6. The zero-order valence-corrected chi connectivity index (χ0v) is 14.6. The molecule has 1 aliphatic carbocycles. The molecule has 0 spiro atoms. The number of methoxy groups -OCH3 is 1. The van der Waals surface area contributed by atoms with Crippen molar-refractivity contribution < 1.29 is 22.7 Å². The molecular formula is C16H27NO5S. The van der Waals surface area contributed by atoms with Crippen LogP contribution in [0.25, 0.3) is 0 Å². The van der Waals surface area contributed by atoms with Crippen LogP contribution in [0.2, 0.25) is 0 Å². The molecule has 6 nitrogen and oxygen atoms in total. The highest BCUT2D eigenvalue weighted by Gasteiger charge is 2.34. The SMILES string of the molecule is COC(=O)CCN(C(=O)CCC1CCCC1)[C@@H]1CCS(=O)(=O)C1. The predicted octanol–water partition coefficient (Wildman–Crippen LogP) is 1.54. The summed E-state index contributed by atoms with van der Waals surface area (Å²) in [6.07, 6.45) is 6.76. The maximum Gasteiger partial charge on any atom is 0.307 e. The van der Waals surface area contributed by atoms with Gasteiger partial charge in [0.05, 0.1) is 25.0 Å². The Morgan fingerprint density at radius 3 is 2.39 bits per heavy atom. The summed E-state index contributed by atoms with van der Waals surface area (Å²) in [5.74, 6) is 0.363. The molecule has 0 unspecified atom stereocenters. The number of hydrogen-bond donors (Lipinski definition) is 0. The fourth-order valence-corrected chi connectivity index (χ4v) is 5.35. The highest BCUT2D eigenvalue weighted by Crippen LogP contribution is 2.29. The lowest BCUT2D eigenvalue weighted by molar-refractivity contribution is -0.142. The van der Waals surface area contributed by atoms with Crippen molar-refractivity contribution in [3.63, 3.8) is 0 Å². The number of carbonyl (C=O) groups is 2. The number of esters is 1. The van der Waals surface area contributed by atoms with Crippen LogP contribution in [0.15, 0.2) is 0 Å². The molecule has 2 fully saturated rings. The van der Waals surface area contributed by atoms with Crippen molar-refractivity contribution in [1.29, 1.82) is 0 Å². The van der Waals surface area contributed by atoms with Crippen molar-refractivity contribution in [2.75, 3.05) is 25.2 Å². The molecule has 0 radical (unpaired) electrons. The van der Waals surface area contributed by atoms with Gasteiger partial charge in [-0.3, -0.25) is 9.59 Å². The van der Waals surface area contributed by atoms with Crippen LogP contribution in [-0.4, -0.2) is 56.4 Å². The van der Waals surface area contributed by atoms with Gasteiger partial charge >= 0.3 is 5.97 Å². The van der Waals surface area contributed by atoms with Crippen LogP contribution in [0, 0.1) is 5.92 Å². The minimum Gasteiger partial charge on any atom is -0.469 e. The van der Waals surface area contributed by atoms with E-state index in [9.17, 15) is 18.0 Å². The van der Waals surface area contributed by atoms with Crippen molar-refractivity contribution in [2.24, 2.45) is 5.92 Å². The lowest BCUT2D eigenvalue weighted by Crippen LogP contribution is -2.42. The van der Waals surface area contributed by atoms with Gasteiger partial charge in [-0.1, -0.05) is 25.7 Å². The van der Waals surface area contributed by atoms with Gasteiger partial charge in [-0.15, -0.1) is 0 Å². The molecule has 1 saturated carbocycles. The summed E-state index contributed by atoms with van der Waals surface area (Å²) in [5, 5.41) is 0. The van der Waals surface area contributed by atoms with Crippen molar-refractivity contribution in [3.05, 3.63) is 0 Å². The van der Waals surface area contributed by atoms with E-state index in [1.165, 1.54) is 32.8 Å². The summed E-state index contributed by atoms with van der Waals surface area (Å²) in [7, 11) is -1.74. The lowest BCUT2D eigenvalue weighted by Gasteiger charge is -2.28. The minimum atomic E-state index is -3.06. The number of nitrogens with zero attached hydrogens (tertiary/aromatic N) is 1. The van der Waals surface area contributed by atoms with Gasteiger partial charge in [0.15, 0.2) is 9.84 Å². The molecule has 0 bridgehead atoms. The third-order valence-electron chi connectivity index (χ3n) is 5.00. The van der Waals surface area contributed by atoms with Crippen LogP contribution >= 0.6 is 0 Å². The monoisotopic (exact) mass is 345 g/mol. The Hall–Kier alpha value is -1.11. The summed E-state index contributed by atoms with van der Waals surface area (Å²) < 4.78 is 28.0. The second kappa shape index (κ2) is 8.13. The summed E-state index contributed by atoms with van der Waals surface area (Å²) in [6.45, 7) is 0.246. The van der Waals surface area contributed by atoms with Gasteiger partial charge in [-0.05, 0) is 18.8 Å². The Labute approximate surface area is 138 Å². The summed E-state index contributed by atoms with van der Waals surface area (Å²) in [4.78, 5) is 25.6. The van der Waals surface area contributed by atoms with Crippen molar-refractivity contribution in [3.8, 4) is 0 Å². The van der Waals surface area contributed by atoms with E-state index in [2.05, 4.69) is 4.74 Å². The van der Waals surface area contributed by atoms with Gasteiger partial charge < -0.3 is 9.64 Å². The van der Waals surface area contributed by atoms with E-state index in [0.29, 0.717) is 18.8 Å². The Morgan fingerprint density at radius 1 is 1.13 bits per heavy atom. The average Bonchev–Trinajstić information content (AvgIpc) is 3.14. The van der Waals surface area contributed by atoms with Gasteiger partial charge in [0.25, 0.3) is 0 Å².